The summed E-state index contributed by atoms with van der Waals surface area (Å²) in [5.41, 5.74) is 11.4. The van der Waals surface area contributed by atoms with E-state index in [-0.39, 0.29) is 6.04 Å². The van der Waals surface area contributed by atoms with Gasteiger partial charge in [-0.1, -0.05) is 72.2 Å². The molecule has 2 heteroatoms. The number of nitrogens with two attached hydrogens (primary N) is 1. The lowest BCUT2D eigenvalue weighted by atomic mass is 9.96. The smallest absolute Gasteiger partial charge is 0.0347 e. The van der Waals surface area contributed by atoms with Crippen LogP contribution in [0.3, 0.4) is 0 Å². The van der Waals surface area contributed by atoms with Crippen molar-refractivity contribution in [3.8, 4) is 0 Å². The Balaban J connectivity index is 2.15. The van der Waals surface area contributed by atoms with Crippen LogP contribution in [0.2, 0.25) is 0 Å². The minimum Gasteiger partial charge on any atom is -0.324 e. The third-order valence-electron chi connectivity index (χ3n) is 3.72. The van der Waals surface area contributed by atoms with E-state index >= 15 is 0 Å². The zero-order valence-corrected chi connectivity index (χ0v) is 13.9. The third-order valence-corrected chi connectivity index (χ3v) is 4.81. The topological polar surface area (TPSA) is 26.0 Å². The van der Waals surface area contributed by atoms with Gasteiger partial charge < -0.3 is 5.73 Å². The van der Waals surface area contributed by atoms with Gasteiger partial charge in [0.05, 0.1) is 0 Å². The van der Waals surface area contributed by atoms with Crippen LogP contribution in [0.4, 0.5) is 0 Å². The lowest BCUT2D eigenvalue weighted by Gasteiger charge is -2.16. The molecule has 0 saturated heterocycles. The van der Waals surface area contributed by atoms with Crippen molar-refractivity contribution in [1.29, 1.82) is 0 Å². The Morgan fingerprint density at radius 3 is 2.30 bits per heavy atom. The van der Waals surface area contributed by atoms with Crippen LogP contribution in [0.5, 0.6) is 0 Å². The molecule has 0 aliphatic carbocycles. The second-order valence-electron chi connectivity index (χ2n) is 5.69. The molecule has 0 fully saturated rings. The molecule has 1 atom stereocenters. The van der Waals surface area contributed by atoms with Crippen LogP contribution in [0, 0.1) is 6.92 Å². The van der Waals surface area contributed by atoms with E-state index < -0.39 is 0 Å². The fourth-order valence-electron chi connectivity index (χ4n) is 2.36. The van der Waals surface area contributed by atoms with Crippen molar-refractivity contribution in [1.82, 2.24) is 0 Å². The molecule has 0 heterocycles. The second kappa shape index (κ2) is 6.55. The Hall–Kier alpha value is -1.12. The molecule has 20 heavy (non-hydrogen) atoms. The van der Waals surface area contributed by atoms with E-state index in [9.17, 15) is 0 Å². The standard InChI is InChI=1S/C18H22BrN/c1-12(2)15-9-7-14(8-10-15)11-17(20)16-6-4-5-13(3)18(16)19/h4-10,12,17H,11,20H2,1-3H3. The third kappa shape index (κ3) is 3.50. The predicted octanol–water partition coefficient (Wildman–Crippen LogP) is 5.12. The van der Waals surface area contributed by atoms with Crippen LogP contribution in [-0.2, 0) is 6.42 Å². The maximum atomic E-state index is 6.36. The van der Waals surface area contributed by atoms with Crippen LogP contribution in [0.25, 0.3) is 0 Å². The molecular formula is C18H22BrN. The monoisotopic (exact) mass is 331 g/mol. The van der Waals surface area contributed by atoms with Crippen LogP contribution in [0.15, 0.2) is 46.9 Å². The molecule has 0 spiro atoms. The van der Waals surface area contributed by atoms with Gasteiger partial charge in [0.15, 0.2) is 0 Å². The van der Waals surface area contributed by atoms with Crippen molar-refractivity contribution in [2.24, 2.45) is 5.73 Å². The molecule has 2 aromatic rings. The molecule has 0 radical (unpaired) electrons. The first kappa shape index (κ1) is 15.3. The molecule has 0 amide bonds. The molecule has 0 aliphatic heterocycles. The van der Waals surface area contributed by atoms with Crippen molar-refractivity contribution in [2.45, 2.75) is 39.2 Å². The van der Waals surface area contributed by atoms with Gasteiger partial charge in [0.2, 0.25) is 0 Å². The van der Waals surface area contributed by atoms with E-state index in [1.807, 2.05) is 0 Å². The highest BCUT2D eigenvalue weighted by Gasteiger charge is 2.12. The highest BCUT2D eigenvalue weighted by atomic mass is 79.9. The van der Waals surface area contributed by atoms with Gasteiger partial charge in [0, 0.05) is 10.5 Å². The lowest BCUT2D eigenvalue weighted by molar-refractivity contribution is 0.716. The van der Waals surface area contributed by atoms with Crippen LogP contribution < -0.4 is 5.73 Å². The van der Waals surface area contributed by atoms with E-state index in [1.54, 1.807) is 0 Å². The first-order chi connectivity index (χ1) is 9.49. The molecule has 0 aromatic heterocycles. The Kier molecular flexibility index (Phi) is 5.00. The number of hydrogen-bond acceptors (Lipinski definition) is 1. The van der Waals surface area contributed by atoms with Crippen molar-refractivity contribution >= 4 is 15.9 Å². The van der Waals surface area contributed by atoms with Gasteiger partial charge in [-0.25, -0.2) is 0 Å². The minimum absolute atomic E-state index is 0.0224. The summed E-state index contributed by atoms with van der Waals surface area (Å²) in [6, 6.07) is 15.1. The largest absolute Gasteiger partial charge is 0.324 e. The summed E-state index contributed by atoms with van der Waals surface area (Å²) in [5.74, 6) is 0.573. The Morgan fingerprint density at radius 1 is 1.05 bits per heavy atom. The average molecular weight is 332 g/mol. The summed E-state index contributed by atoms with van der Waals surface area (Å²) in [5, 5.41) is 0. The van der Waals surface area contributed by atoms with Gasteiger partial charge in [-0.15, -0.1) is 0 Å². The zero-order chi connectivity index (χ0) is 14.7. The molecule has 0 bridgehead atoms. The first-order valence-electron chi connectivity index (χ1n) is 7.08. The van der Waals surface area contributed by atoms with Gasteiger partial charge in [0.1, 0.15) is 0 Å². The summed E-state index contributed by atoms with van der Waals surface area (Å²) in [7, 11) is 0. The van der Waals surface area contributed by atoms with Crippen molar-refractivity contribution in [3.63, 3.8) is 0 Å². The number of rotatable bonds is 4. The molecule has 1 nitrogen and oxygen atoms in total. The fourth-order valence-corrected chi connectivity index (χ4v) is 2.92. The van der Waals surface area contributed by atoms with E-state index in [1.165, 1.54) is 22.3 Å². The summed E-state index contributed by atoms with van der Waals surface area (Å²) in [6.45, 7) is 6.52. The van der Waals surface area contributed by atoms with Crippen LogP contribution in [-0.4, -0.2) is 0 Å². The number of halogens is 1. The normalized spacial score (nSPS) is 12.7. The van der Waals surface area contributed by atoms with E-state index in [2.05, 4.69) is 79.2 Å². The second-order valence-corrected chi connectivity index (χ2v) is 6.48. The summed E-state index contributed by atoms with van der Waals surface area (Å²) >= 11 is 3.64. The van der Waals surface area contributed by atoms with E-state index in [0.29, 0.717) is 5.92 Å². The Labute approximate surface area is 130 Å². The van der Waals surface area contributed by atoms with E-state index in [4.69, 9.17) is 5.73 Å². The molecule has 106 valence electrons. The molecule has 0 saturated carbocycles. The first-order valence-corrected chi connectivity index (χ1v) is 7.87. The molecule has 2 rings (SSSR count). The fraction of sp³-hybridized carbons (Fsp3) is 0.333. The molecular weight excluding hydrogens is 310 g/mol. The molecule has 2 N–H and O–H groups in total. The zero-order valence-electron chi connectivity index (χ0n) is 12.4. The maximum absolute atomic E-state index is 6.36. The Morgan fingerprint density at radius 2 is 1.70 bits per heavy atom. The van der Waals surface area contributed by atoms with Crippen molar-refractivity contribution < 1.29 is 0 Å². The van der Waals surface area contributed by atoms with Crippen LogP contribution >= 0.6 is 15.9 Å². The quantitative estimate of drug-likeness (QED) is 0.826. The van der Waals surface area contributed by atoms with Crippen LogP contribution in [0.1, 0.15) is 48.1 Å². The Bertz CT molecular complexity index is 572. The van der Waals surface area contributed by atoms with Gasteiger partial charge >= 0.3 is 0 Å². The van der Waals surface area contributed by atoms with Gasteiger partial charge in [-0.3, -0.25) is 0 Å². The molecule has 1 unspecified atom stereocenters. The summed E-state index contributed by atoms with van der Waals surface area (Å²) in [6.07, 6.45) is 0.862. The molecule has 0 aliphatic rings. The lowest BCUT2D eigenvalue weighted by Crippen LogP contribution is -2.14. The average Bonchev–Trinajstić information content (AvgIpc) is 2.42. The SMILES string of the molecule is Cc1cccc(C(N)Cc2ccc(C(C)C)cc2)c1Br. The summed E-state index contributed by atoms with van der Waals surface area (Å²) in [4.78, 5) is 0. The molecule has 2 aromatic carbocycles. The summed E-state index contributed by atoms with van der Waals surface area (Å²) < 4.78 is 1.13. The number of benzene rings is 2. The van der Waals surface area contributed by atoms with E-state index in [0.717, 1.165) is 10.9 Å². The number of aryl methyl sites for hydroxylation is 1. The minimum atomic E-state index is 0.0224. The maximum Gasteiger partial charge on any atom is 0.0347 e. The van der Waals surface area contributed by atoms with Gasteiger partial charge in [-0.05, 0) is 41.5 Å². The highest BCUT2D eigenvalue weighted by molar-refractivity contribution is 9.10. The highest BCUT2D eigenvalue weighted by Crippen LogP contribution is 2.27. The predicted molar refractivity (Wildman–Crippen MR) is 90.0 cm³/mol. The number of hydrogen-bond donors (Lipinski definition) is 1. The van der Waals surface area contributed by atoms with Crippen molar-refractivity contribution in [2.75, 3.05) is 0 Å². The van der Waals surface area contributed by atoms with Gasteiger partial charge in [0.25, 0.3) is 0 Å². The van der Waals surface area contributed by atoms with Gasteiger partial charge in [-0.2, -0.15) is 0 Å². The van der Waals surface area contributed by atoms with Crippen molar-refractivity contribution in [3.05, 3.63) is 69.2 Å².